The van der Waals surface area contributed by atoms with E-state index >= 15 is 0 Å². The van der Waals surface area contributed by atoms with Crippen LogP contribution in [0.5, 0.6) is 5.75 Å². The molecular weight excluding hydrogens is 228 g/mol. The molecule has 0 radical (unpaired) electrons. The summed E-state index contributed by atoms with van der Waals surface area (Å²) in [6.45, 7) is 4.64. The van der Waals surface area contributed by atoms with Crippen molar-refractivity contribution in [2.45, 2.75) is 39.2 Å². The molecule has 3 heteroatoms. The first-order valence-electron chi connectivity index (χ1n) is 6.51. The number of ketones is 1. The predicted octanol–water partition coefficient (Wildman–Crippen LogP) is 3.53. The number of carbonyl (C=O) groups excluding carboxylic acids is 1. The summed E-state index contributed by atoms with van der Waals surface area (Å²) >= 11 is 0. The van der Waals surface area contributed by atoms with Crippen LogP contribution in [0.15, 0.2) is 24.3 Å². The Morgan fingerprint density at radius 3 is 2.33 bits per heavy atom. The lowest BCUT2D eigenvalue weighted by molar-refractivity contribution is -0.131. The van der Waals surface area contributed by atoms with Gasteiger partial charge in [0.15, 0.2) is 5.78 Å². The Kier molecular flexibility index (Phi) is 6.44. The van der Waals surface area contributed by atoms with E-state index in [9.17, 15) is 4.79 Å². The van der Waals surface area contributed by atoms with Gasteiger partial charge in [-0.2, -0.15) is 0 Å². The second-order valence-electron chi connectivity index (χ2n) is 4.24. The highest BCUT2D eigenvalue weighted by Crippen LogP contribution is 2.23. The van der Waals surface area contributed by atoms with E-state index in [1.165, 1.54) is 0 Å². The molecule has 0 aromatic heterocycles. The van der Waals surface area contributed by atoms with Crippen molar-refractivity contribution < 1.29 is 14.3 Å². The fourth-order valence-corrected chi connectivity index (χ4v) is 1.77. The maximum atomic E-state index is 12.0. The summed E-state index contributed by atoms with van der Waals surface area (Å²) in [6.07, 6.45) is 1.88. The predicted molar refractivity (Wildman–Crippen MR) is 71.9 cm³/mol. The van der Waals surface area contributed by atoms with Crippen molar-refractivity contribution in [3.8, 4) is 5.75 Å². The molecule has 0 saturated carbocycles. The maximum Gasteiger partial charge on any atom is 0.166 e. The zero-order valence-electron chi connectivity index (χ0n) is 11.4. The molecule has 1 aromatic carbocycles. The molecule has 18 heavy (non-hydrogen) atoms. The lowest BCUT2D eigenvalue weighted by Crippen LogP contribution is -2.16. The molecule has 0 aliphatic carbocycles. The van der Waals surface area contributed by atoms with Gasteiger partial charge in [0.2, 0.25) is 0 Å². The second-order valence-corrected chi connectivity index (χ2v) is 4.24. The van der Waals surface area contributed by atoms with E-state index in [1.807, 2.05) is 38.1 Å². The monoisotopic (exact) mass is 250 g/mol. The molecule has 3 nitrogen and oxygen atoms in total. The highest BCUT2D eigenvalue weighted by molar-refractivity contribution is 5.84. The summed E-state index contributed by atoms with van der Waals surface area (Å²) in [5.41, 5.74) is 0.905. The van der Waals surface area contributed by atoms with Gasteiger partial charge in [-0.1, -0.05) is 26.0 Å². The van der Waals surface area contributed by atoms with Crippen molar-refractivity contribution in [1.82, 2.24) is 0 Å². The van der Waals surface area contributed by atoms with Gasteiger partial charge in [-0.25, -0.2) is 0 Å². The van der Waals surface area contributed by atoms with Gasteiger partial charge in [0.1, 0.15) is 11.9 Å². The molecule has 100 valence electrons. The van der Waals surface area contributed by atoms with Crippen molar-refractivity contribution in [1.29, 1.82) is 0 Å². The number of hydrogen-bond donors (Lipinski definition) is 0. The van der Waals surface area contributed by atoms with Crippen LogP contribution in [0.3, 0.4) is 0 Å². The summed E-state index contributed by atoms with van der Waals surface area (Å²) in [6, 6.07) is 7.51. The Morgan fingerprint density at radius 1 is 1.17 bits per heavy atom. The molecule has 0 aliphatic rings. The molecule has 1 aromatic rings. The first-order valence-corrected chi connectivity index (χ1v) is 6.51. The number of carbonyl (C=O) groups is 1. The van der Waals surface area contributed by atoms with Crippen LogP contribution in [-0.4, -0.2) is 19.5 Å². The van der Waals surface area contributed by atoms with E-state index in [4.69, 9.17) is 9.47 Å². The molecule has 1 unspecified atom stereocenters. The van der Waals surface area contributed by atoms with Crippen molar-refractivity contribution in [3.63, 3.8) is 0 Å². The van der Waals surface area contributed by atoms with Crippen LogP contribution in [0, 0.1) is 0 Å². The SMILES string of the molecule is CCCOC(C(=O)CCC)c1ccc(OC)cc1. The number of ether oxygens (including phenoxy) is 2. The van der Waals surface area contributed by atoms with Crippen molar-refractivity contribution >= 4 is 5.78 Å². The van der Waals surface area contributed by atoms with Crippen LogP contribution in [0.1, 0.15) is 44.8 Å². The van der Waals surface area contributed by atoms with Crippen LogP contribution < -0.4 is 4.74 Å². The average molecular weight is 250 g/mol. The van der Waals surface area contributed by atoms with Gasteiger partial charge in [-0.15, -0.1) is 0 Å². The van der Waals surface area contributed by atoms with Crippen LogP contribution in [0.2, 0.25) is 0 Å². The smallest absolute Gasteiger partial charge is 0.166 e. The minimum absolute atomic E-state index is 0.149. The molecule has 1 rings (SSSR count). The van der Waals surface area contributed by atoms with Crippen LogP contribution in [0.25, 0.3) is 0 Å². The normalized spacial score (nSPS) is 12.2. The zero-order chi connectivity index (χ0) is 13.4. The van der Waals surface area contributed by atoms with E-state index in [0.29, 0.717) is 13.0 Å². The molecule has 0 bridgehead atoms. The summed E-state index contributed by atoms with van der Waals surface area (Å²) in [4.78, 5) is 12.0. The van der Waals surface area contributed by atoms with Crippen molar-refractivity contribution in [2.75, 3.05) is 13.7 Å². The molecule has 0 heterocycles. The van der Waals surface area contributed by atoms with Gasteiger partial charge in [-0.3, -0.25) is 4.79 Å². The molecule has 0 aliphatic heterocycles. The summed E-state index contributed by atoms with van der Waals surface area (Å²) in [7, 11) is 1.63. The summed E-state index contributed by atoms with van der Waals surface area (Å²) in [5, 5.41) is 0. The van der Waals surface area contributed by atoms with E-state index in [2.05, 4.69) is 0 Å². The standard InChI is InChI=1S/C15H22O3/c1-4-6-14(16)15(18-11-5-2)12-7-9-13(17-3)10-8-12/h7-10,15H,4-6,11H2,1-3H3. The minimum Gasteiger partial charge on any atom is -0.497 e. The third-order valence-electron chi connectivity index (χ3n) is 2.70. The Bertz CT molecular complexity index is 357. The summed E-state index contributed by atoms with van der Waals surface area (Å²) < 4.78 is 10.8. The Balaban J connectivity index is 2.82. The highest BCUT2D eigenvalue weighted by Gasteiger charge is 2.20. The number of Topliss-reactive ketones (excluding diaryl/α,β-unsaturated/α-hetero) is 1. The quantitative estimate of drug-likeness (QED) is 0.708. The van der Waals surface area contributed by atoms with Gasteiger partial charge in [0.05, 0.1) is 7.11 Å². The maximum absolute atomic E-state index is 12.0. The zero-order valence-corrected chi connectivity index (χ0v) is 11.4. The van der Waals surface area contributed by atoms with Crippen molar-refractivity contribution in [3.05, 3.63) is 29.8 Å². The number of rotatable bonds is 8. The van der Waals surface area contributed by atoms with Crippen LogP contribution in [-0.2, 0) is 9.53 Å². The molecule has 0 amide bonds. The van der Waals surface area contributed by atoms with Gasteiger partial charge in [-0.05, 0) is 30.5 Å². The Hall–Kier alpha value is -1.35. The average Bonchev–Trinajstić information content (AvgIpc) is 2.40. The Labute approximate surface area is 109 Å². The first-order chi connectivity index (χ1) is 8.72. The molecule has 0 spiro atoms. The number of benzene rings is 1. The topological polar surface area (TPSA) is 35.5 Å². The van der Waals surface area contributed by atoms with Gasteiger partial charge in [0, 0.05) is 13.0 Å². The van der Waals surface area contributed by atoms with Crippen molar-refractivity contribution in [2.24, 2.45) is 0 Å². The third kappa shape index (κ3) is 4.15. The van der Waals surface area contributed by atoms with E-state index in [-0.39, 0.29) is 5.78 Å². The molecule has 1 atom stereocenters. The largest absolute Gasteiger partial charge is 0.497 e. The molecular formula is C15H22O3. The van der Waals surface area contributed by atoms with Gasteiger partial charge in [0.25, 0.3) is 0 Å². The second kappa shape index (κ2) is 7.88. The third-order valence-corrected chi connectivity index (χ3v) is 2.70. The molecule has 0 N–H and O–H groups in total. The minimum atomic E-state index is -0.434. The fourth-order valence-electron chi connectivity index (χ4n) is 1.77. The lowest BCUT2D eigenvalue weighted by Gasteiger charge is -2.17. The van der Waals surface area contributed by atoms with E-state index < -0.39 is 6.10 Å². The van der Waals surface area contributed by atoms with Crippen LogP contribution in [0.4, 0.5) is 0 Å². The molecule has 0 saturated heterocycles. The van der Waals surface area contributed by atoms with Gasteiger partial charge < -0.3 is 9.47 Å². The fraction of sp³-hybridized carbons (Fsp3) is 0.533. The highest BCUT2D eigenvalue weighted by atomic mass is 16.5. The Morgan fingerprint density at radius 2 is 1.83 bits per heavy atom. The molecule has 0 fully saturated rings. The number of hydrogen-bond acceptors (Lipinski definition) is 3. The number of methoxy groups -OCH3 is 1. The van der Waals surface area contributed by atoms with E-state index in [1.54, 1.807) is 7.11 Å². The summed E-state index contributed by atoms with van der Waals surface area (Å²) in [5.74, 6) is 0.937. The van der Waals surface area contributed by atoms with Gasteiger partial charge >= 0.3 is 0 Å². The van der Waals surface area contributed by atoms with E-state index in [0.717, 1.165) is 24.2 Å². The lowest BCUT2D eigenvalue weighted by atomic mass is 10.0. The first kappa shape index (κ1) is 14.7. The van der Waals surface area contributed by atoms with Crippen LogP contribution >= 0.6 is 0 Å².